The number of amides is 1. The molecule has 0 bridgehead atoms. The Kier molecular flexibility index (Phi) is 5.80. The van der Waals surface area contributed by atoms with Crippen molar-refractivity contribution in [1.82, 2.24) is 9.80 Å². The highest BCUT2D eigenvalue weighted by molar-refractivity contribution is 7.10. The molecule has 0 unspecified atom stereocenters. The Morgan fingerprint density at radius 1 is 1.52 bits per heavy atom. The maximum Gasteiger partial charge on any atom is 0.254 e. The molecular weight excluding hydrogens is 282 g/mol. The van der Waals surface area contributed by atoms with Gasteiger partial charge in [-0.1, -0.05) is 11.8 Å². The monoisotopic (exact) mass is 305 g/mol. The van der Waals surface area contributed by atoms with Gasteiger partial charge in [0.25, 0.3) is 5.91 Å². The molecule has 1 saturated heterocycles. The van der Waals surface area contributed by atoms with Gasteiger partial charge in [0, 0.05) is 19.0 Å². The molecule has 21 heavy (non-hydrogen) atoms. The van der Waals surface area contributed by atoms with Gasteiger partial charge in [-0.25, -0.2) is 0 Å². The summed E-state index contributed by atoms with van der Waals surface area (Å²) in [7, 11) is 4.05. The van der Waals surface area contributed by atoms with E-state index in [2.05, 4.69) is 23.8 Å². The molecule has 1 aliphatic heterocycles. The van der Waals surface area contributed by atoms with Crippen LogP contribution in [0.2, 0.25) is 0 Å². The molecule has 2 rings (SSSR count). The van der Waals surface area contributed by atoms with Crippen LogP contribution in [0, 0.1) is 17.8 Å². The average Bonchev–Trinajstić information content (AvgIpc) is 2.95. The number of likely N-dealkylation sites (tertiary alicyclic amines) is 1. The Morgan fingerprint density at radius 2 is 2.24 bits per heavy atom. The minimum Gasteiger partial charge on any atom is -0.341 e. The summed E-state index contributed by atoms with van der Waals surface area (Å²) in [5, 5.41) is 1.88. The van der Waals surface area contributed by atoms with Crippen molar-refractivity contribution in [3.8, 4) is 11.8 Å². The van der Waals surface area contributed by atoms with Gasteiger partial charge in [0.05, 0.1) is 17.0 Å². The highest BCUT2D eigenvalue weighted by Gasteiger charge is 2.21. The zero-order valence-corrected chi connectivity index (χ0v) is 13.6. The number of hydrogen-bond acceptors (Lipinski definition) is 4. The molecule has 1 aromatic heterocycles. The number of carbonyl (C=O) groups excluding carboxylic acids is 1. The number of nitrogens with zero attached hydrogens (tertiary/aromatic N) is 2. The van der Waals surface area contributed by atoms with Gasteiger partial charge < -0.3 is 15.5 Å². The predicted octanol–water partition coefficient (Wildman–Crippen LogP) is 1.47. The van der Waals surface area contributed by atoms with Crippen LogP contribution in [0.5, 0.6) is 0 Å². The van der Waals surface area contributed by atoms with Crippen molar-refractivity contribution in [3.05, 3.63) is 21.9 Å². The first kappa shape index (κ1) is 16.0. The van der Waals surface area contributed by atoms with Gasteiger partial charge >= 0.3 is 0 Å². The summed E-state index contributed by atoms with van der Waals surface area (Å²) < 4.78 is 0. The van der Waals surface area contributed by atoms with Gasteiger partial charge in [-0.2, -0.15) is 0 Å². The topological polar surface area (TPSA) is 49.6 Å². The Balaban J connectivity index is 1.91. The second-order valence-electron chi connectivity index (χ2n) is 5.64. The highest BCUT2D eigenvalue weighted by Crippen LogP contribution is 2.19. The van der Waals surface area contributed by atoms with E-state index >= 15 is 0 Å². The van der Waals surface area contributed by atoms with E-state index in [0.29, 0.717) is 12.5 Å². The van der Waals surface area contributed by atoms with Crippen molar-refractivity contribution in [1.29, 1.82) is 0 Å². The van der Waals surface area contributed by atoms with E-state index in [1.165, 1.54) is 24.2 Å². The van der Waals surface area contributed by atoms with E-state index in [9.17, 15) is 4.79 Å². The lowest BCUT2D eigenvalue weighted by Crippen LogP contribution is -2.37. The highest BCUT2D eigenvalue weighted by atomic mass is 32.1. The Bertz CT molecular complexity index is 535. The van der Waals surface area contributed by atoms with Crippen molar-refractivity contribution >= 4 is 17.2 Å². The van der Waals surface area contributed by atoms with Crippen LogP contribution >= 0.6 is 11.3 Å². The summed E-state index contributed by atoms with van der Waals surface area (Å²) in [6.07, 6.45) is 2.34. The van der Waals surface area contributed by atoms with Crippen LogP contribution < -0.4 is 5.73 Å². The summed E-state index contributed by atoms with van der Waals surface area (Å²) in [5.41, 5.74) is 6.09. The van der Waals surface area contributed by atoms with Gasteiger partial charge in [-0.3, -0.25) is 4.79 Å². The van der Waals surface area contributed by atoms with E-state index in [-0.39, 0.29) is 5.91 Å². The molecule has 4 nitrogen and oxygen atoms in total. The molecule has 1 amide bonds. The van der Waals surface area contributed by atoms with Crippen LogP contribution in [0.4, 0.5) is 0 Å². The number of rotatable bonds is 3. The SMILES string of the molecule is CN1CCC(CN(C)C(=O)c2csc(C#CCN)c2)CC1. The molecule has 0 aliphatic carbocycles. The van der Waals surface area contributed by atoms with Gasteiger partial charge in [-0.15, -0.1) is 11.3 Å². The molecule has 5 heteroatoms. The molecule has 2 N–H and O–H groups in total. The molecule has 0 radical (unpaired) electrons. The summed E-state index contributed by atoms with van der Waals surface area (Å²) in [5.74, 6) is 6.49. The number of carbonyl (C=O) groups is 1. The van der Waals surface area contributed by atoms with E-state index < -0.39 is 0 Å². The number of thiophene rings is 1. The molecule has 1 aliphatic rings. The van der Waals surface area contributed by atoms with Crippen molar-refractivity contribution in [2.45, 2.75) is 12.8 Å². The van der Waals surface area contributed by atoms with Crippen LogP contribution in [-0.4, -0.2) is 56.0 Å². The number of nitrogens with two attached hydrogens (primary N) is 1. The smallest absolute Gasteiger partial charge is 0.254 e. The minimum absolute atomic E-state index is 0.0889. The number of piperidine rings is 1. The summed E-state index contributed by atoms with van der Waals surface area (Å²) in [6, 6.07) is 1.86. The van der Waals surface area contributed by atoms with E-state index in [1.807, 2.05) is 23.4 Å². The molecule has 1 aromatic rings. The predicted molar refractivity (Wildman–Crippen MR) is 87.4 cm³/mol. The maximum absolute atomic E-state index is 12.4. The first-order chi connectivity index (χ1) is 10.1. The van der Waals surface area contributed by atoms with Gasteiger partial charge in [-0.05, 0) is 45.0 Å². The largest absolute Gasteiger partial charge is 0.341 e. The minimum atomic E-state index is 0.0889. The lowest BCUT2D eigenvalue weighted by Gasteiger charge is -2.31. The van der Waals surface area contributed by atoms with Crippen LogP contribution in [-0.2, 0) is 0 Å². The molecule has 0 atom stereocenters. The van der Waals surface area contributed by atoms with Crippen LogP contribution in [0.3, 0.4) is 0 Å². The Morgan fingerprint density at radius 3 is 2.90 bits per heavy atom. The van der Waals surface area contributed by atoms with Gasteiger partial charge in [0.2, 0.25) is 0 Å². The Hall–Kier alpha value is -1.35. The lowest BCUT2D eigenvalue weighted by atomic mass is 9.96. The molecular formula is C16H23N3OS. The fourth-order valence-electron chi connectivity index (χ4n) is 2.59. The van der Waals surface area contributed by atoms with Crippen molar-refractivity contribution in [2.24, 2.45) is 11.7 Å². The fraction of sp³-hybridized carbons (Fsp3) is 0.562. The van der Waals surface area contributed by atoms with Crippen LogP contribution in [0.1, 0.15) is 28.1 Å². The number of hydrogen-bond donors (Lipinski definition) is 1. The standard InChI is InChI=1S/C16H23N3OS/c1-18-8-5-13(6-9-18)11-19(2)16(20)14-10-15(21-12-14)4-3-7-17/h10,12-13H,5-9,11,17H2,1-2H3. The van der Waals surface area contributed by atoms with E-state index in [1.54, 1.807) is 0 Å². The fourth-order valence-corrected chi connectivity index (χ4v) is 3.34. The molecule has 0 spiro atoms. The van der Waals surface area contributed by atoms with E-state index in [4.69, 9.17) is 5.73 Å². The van der Waals surface area contributed by atoms with Crippen molar-refractivity contribution in [3.63, 3.8) is 0 Å². The second kappa shape index (κ2) is 7.60. The Labute approximate surface area is 130 Å². The normalized spacial score (nSPS) is 16.3. The first-order valence-corrected chi connectivity index (χ1v) is 8.19. The lowest BCUT2D eigenvalue weighted by molar-refractivity contribution is 0.0747. The average molecular weight is 305 g/mol. The zero-order valence-electron chi connectivity index (χ0n) is 12.8. The maximum atomic E-state index is 12.4. The summed E-state index contributed by atoms with van der Waals surface area (Å²) in [6.45, 7) is 3.44. The zero-order chi connectivity index (χ0) is 15.2. The molecule has 2 heterocycles. The van der Waals surface area contributed by atoms with Crippen molar-refractivity contribution in [2.75, 3.05) is 40.3 Å². The third-order valence-electron chi connectivity index (χ3n) is 3.88. The molecule has 114 valence electrons. The molecule has 1 fully saturated rings. The quantitative estimate of drug-likeness (QED) is 0.861. The first-order valence-electron chi connectivity index (χ1n) is 7.31. The third kappa shape index (κ3) is 4.57. The molecule has 0 aromatic carbocycles. The van der Waals surface area contributed by atoms with E-state index in [0.717, 1.165) is 30.1 Å². The van der Waals surface area contributed by atoms with Crippen LogP contribution in [0.25, 0.3) is 0 Å². The van der Waals surface area contributed by atoms with Gasteiger partial charge in [0.1, 0.15) is 0 Å². The summed E-state index contributed by atoms with van der Waals surface area (Å²) in [4.78, 5) is 17.5. The second-order valence-corrected chi connectivity index (χ2v) is 6.55. The third-order valence-corrected chi connectivity index (χ3v) is 4.72. The van der Waals surface area contributed by atoms with Crippen LogP contribution in [0.15, 0.2) is 11.4 Å². The van der Waals surface area contributed by atoms with Gasteiger partial charge in [0.15, 0.2) is 0 Å². The van der Waals surface area contributed by atoms with Crippen molar-refractivity contribution < 1.29 is 4.79 Å². The molecule has 0 saturated carbocycles. The summed E-state index contributed by atoms with van der Waals surface area (Å²) >= 11 is 1.50.